The second kappa shape index (κ2) is 6.58. The van der Waals surface area contributed by atoms with Crippen molar-refractivity contribution in [3.05, 3.63) is 52.6 Å². The molecular weight excluding hydrogens is 278 g/mol. The average Bonchev–Trinajstić information content (AvgIpc) is 2.52. The van der Waals surface area contributed by atoms with E-state index in [4.69, 9.17) is 9.97 Å². The molecular formula is C17H21N3S. The molecule has 0 atom stereocenters. The predicted molar refractivity (Wildman–Crippen MR) is 87.6 cm³/mol. The van der Waals surface area contributed by atoms with Crippen molar-refractivity contribution in [2.45, 2.75) is 43.9 Å². The molecule has 1 aliphatic heterocycles. The number of hydrogen-bond donors (Lipinski definition) is 1. The second-order valence-corrected chi connectivity index (χ2v) is 6.45. The van der Waals surface area contributed by atoms with E-state index in [2.05, 4.69) is 43.4 Å². The number of rotatable bonds is 4. The first-order chi connectivity index (χ1) is 10.3. The third-order valence-corrected chi connectivity index (χ3v) is 4.75. The van der Waals surface area contributed by atoms with Crippen molar-refractivity contribution in [3.8, 4) is 0 Å². The zero-order valence-corrected chi connectivity index (χ0v) is 13.5. The van der Waals surface area contributed by atoms with Crippen LogP contribution >= 0.6 is 11.8 Å². The van der Waals surface area contributed by atoms with Crippen LogP contribution in [-0.4, -0.2) is 16.5 Å². The number of thioether (sulfide) groups is 1. The van der Waals surface area contributed by atoms with Gasteiger partial charge in [-0.2, -0.15) is 0 Å². The second-order valence-electron chi connectivity index (χ2n) is 5.40. The molecule has 1 aromatic carbocycles. The first kappa shape index (κ1) is 14.5. The summed E-state index contributed by atoms with van der Waals surface area (Å²) in [5, 5.41) is 3.41. The van der Waals surface area contributed by atoms with Crippen LogP contribution in [0.1, 0.15) is 35.3 Å². The zero-order chi connectivity index (χ0) is 14.7. The van der Waals surface area contributed by atoms with Crippen molar-refractivity contribution >= 4 is 11.8 Å². The highest BCUT2D eigenvalue weighted by atomic mass is 32.2. The molecule has 0 unspecified atom stereocenters. The molecule has 3 nitrogen and oxygen atoms in total. The van der Waals surface area contributed by atoms with Crippen molar-refractivity contribution in [3.63, 3.8) is 0 Å². The maximum Gasteiger partial charge on any atom is 0.139 e. The molecule has 2 heterocycles. The average molecular weight is 299 g/mol. The van der Waals surface area contributed by atoms with Gasteiger partial charge in [0.1, 0.15) is 5.82 Å². The standard InChI is InChI=1S/C17H21N3S/c1-3-15-14-10-18-8-7-16(14)20-17(19-15)11-21-13-6-4-5-12(2)9-13/h4-6,9,18H,3,7-8,10-11H2,1-2H3. The number of hydrogen-bond acceptors (Lipinski definition) is 4. The van der Waals surface area contributed by atoms with Crippen LogP contribution in [0.4, 0.5) is 0 Å². The highest BCUT2D eigenvalue weighted by Gasteiger charge is 2.16. The van der Waals surface area contributed by atoms with Crippen molar-refractivity contribution in [2.24, 2.45) is 0 Å². The smallest absolute Gasteiger partial charge is 0.139 e. The molecule has 1 N–H and O–H groups in total. The minimum Gasteiger partial charge on any atom is -0.312 e. The molecule has 2 aromatic rings. The van der Waals surface area contributed by atoms with Crippen LogP contribution in [0.25, 0.3) is 0 Å². The van der Waals surface area contributed by atoms with Gasteiger partial charge in [-0.25, -0.2) is 9.97 Å². The van der Waals surface area contributed by atoms with Crippen LogP contribution in [0.15, 0.2) is 29.2 Å². The summed E-state index contributed by atoms with van der Waals surface area (Å²) in [5.41, 5.74) is 5.09. The Morgan fingerprint density at radius 3 is 3.00 bits per heavy atom. The summed E-state index contributed by atoms with van der Waals surface area (Å²) in [4.78, 5) is 10.8. The highest BCUT2D eigenvalue weighted by molar-refractivity contribution is 7.98. The van der Waals surface area contributed by atoms with Crippen molar-refractivity contribution in [2.75, 3.05) is 6.54 Å². The molecule has 1 aliphatic rings. The van der Waals surface area contributed by atoms with E-state index in [-0.39, 0.29) is 0 Å². The topological polar surface area (TPSA) is 37.8 Å². The summed E-state index contributed by atoms with van der Waals surface area (Å²) in [6, 6.07) is 8.60. The monoisotopic (exact) mass is 299 g/mol. The third kappa shape index (κ3) is 3.44. The van der Waals surface area contributed by atoms with Gasteiger partial charge in [-0.05, 0) is 25.5 Å². The number of aromatic nitrogens is 2. The molecule has 0 saturated carbocycles. The Hall–Kier alpha value is -1.39. The number of nitrogens with one attached hydrogen (secondary N) is 1. The number of nitrogens with zero attached hydrogens (tertiary/aromatic N) is 2. The molecule has 0 aliphatic carbocycles. The van der Waals surface area contributed by atoms with Crippen LogP contribution in [0.5, 0.6) is 0 Å². The van der Waals surface area contributed by atoms with E-state index in [1.807, 2.05) is 11.8 Å². The number of benzene rings is 1. The molecule has 1 aromatic heterocycles. The Bertz CT molecular complexity index is 623. The van der Waals surface area contributed by atoms with Gasteiger partial charge < -0.3 is 5.32 Å². The Morgan fingerprint density at radius 1 is 1.29 bits per heavy atom. The molecule has 4 heteroatoms. The SMILES string of the molecule is CCc1nc(CSc2cccc(C)c2)nc2c1CNCC2. The van der Waals surface area contributed by atoms with Gasteiger partial charge in [0.05, 0.1) is 11.4 Å². The molecule has 0 amide bonds. The summed E-state index contributed by atoms with van der Waals surface area (Å²) >= 11 is 1.82. The first-order valence-corrected chi connectivity index (χ1v) is 8.52. The van der Waals surface area contributed by atoms with E-state index in [0.29, 0.717) is 0 Å². The van der Waals surface area contributed by atoms with Crippen molar-refractivity contribution < 1.29 is 0 Å². The predicted octanol–water partition coefficient (Wildman–Crippen LogP) is 3.29. The molecule has 0 saturated heterocycles. The fraction of sp³-hybridized carbons (Fsp3) is 0.412. The summed E-state index contributed by atoms with van der Waals surface area (Å²) in [5.74, 6) is 1.82. The fourth-order valence-corrected chi connectivity index (χ4v) is 3.55. The molecule has 0 fully saturated rings. The zero-order valence-electron chi connectivity index (χ0n) is 12.6. The van der Waals surface area contributed by atoms with E-state index in [0.717, 1.165) is 37.5 Å². The lowest BCUT2D eigenvalue weighted by Crippen LogP contribution is -2.27. The van der Waals surface area contributed by atoms with Crippen molar-refractivity contribution in [1.82, 2.24) is 15.3 Å². The largest absolute Gasteiger partial charge is 0.312 e. The van der Waals surface area contributed by atoms with E-state index < -0.39 is 0 Å². The Balaban J connectivity index is 1.79. The first-order valence-electron chi connectivity index (χ1n) is 7.54. The summed E-state index contributed by atoms with van der Waals surface area (Å²) in [7, 11) is 0. The molecule has 0 bridgehead atoms. The molecule has 21 heavy (non-hydrogen) atoms. The summed E-state index contributed by atoms with van der Waals surface area (Å²) in [6.45, 7) is 6.25. The van der Waals surface area contributed by atoms with E-state index in [1.54, 1.807) is 0 Å². The van der Waals surface area contributed by atoms with Gasteiger partial charge in [-0.1, -0.05) is 24.6 Å². The van der Waals surface area contributed by atoms with E-state index in [1.165, 1.54) is 27.4 Å². The fourth-order valence-electron chi connectivity index (χ4n) is 2.68. The quantitative estimate of drug-likeness (QED) is 0.879. The van der Waals surface area contributed by atoms with Gasteiger partial charge in [0, 0.05) is 35.7 Å². The van der Waals surface area contributed by atoms with Crippen LogP contribution in [0, 0.1) is 6.92 Å². The highest BCUT2D eigenvalue weighted by Crippen LogP contribution is 2.24. The van der Waals surface area contributed by atoms with Gasteiger partial charge in [-0.15, -0.1) is 11.8 Å². The number of fused-ring (bicyclic) bond motifs is 1. The normalized spacial score (nSPS) is 14.0. The van der Waals surface area contributed by atoms with Gasteiger partial charge in [0.15, 0.2) is 0 Å². The maximum atomic E-state index is 4.79. The van der Waals surface area contributed by atoms with Gasteiger partial charge in [0.25, 0.3) is 0 Å². The molecule has 110 valence electrons. The van der Waals surface area contributed by atoms with E-state index in [9.17, 15) is 0 Å². The maximum absolute atomic E-state index is 4.79. The third-order valence-electron chi connectivity index (χ3n) is 3.76. The molecule has 0 radical (unpaired) electrons. The van der Waals surface area contributed by atoms with Gasteiger partial charge in [-0.3, -0.25) is 0 Å². The Kier molecular flexibility index (Phi) is 4.56. The van der Waals surface area contributed by atoms with Crippen LogP contribution in [0.2, 0.25) is 0 Å². The van der Waals surface area contributed by atoms with Gasteiger partial charge >= 0.3 is 0 Å². The van der Waals surface area contributed by atoms with Crippen LogP contribution < -0.4 is 5.32 Å². The summed E-state index contributed by atoms with van der Waals surface area (Å²) in [6.07, 6.45) is 2.00. The minimum absolute atomic E-state index is 0.844. The lowest BCUT2D eigenvalue weighted by Gasteiger charge is -2.19. The van der Waals surface area contributed by atoms with E-state index >= 15 is 0 Å². The Labute approximate surface area is 130 Å². The minimum atomic E-state index is 0.844. The van der Waals surface area contributed by atoms with Gasteiger partial charge in [0.2, 0.25) is 0 Å². The molecule has 3 rings (SSSR count). The summed E-state index contributed by atoms with van der Waals surface area (Å²) < 4.78 is 0. The lowest BCUT2D eigenvalue weighted by molar-refractivity contribution is 0.613. The van der Waals surface area contributed by atoms with Crippen LogP contribution in [0.3, 0.4) is 0 Å². The number of aryl methyl sites for hydroxylation is 2. The Morgan fingerprint density at radius 2 is 2.19 bits per heavy atom. The van der Waals surface area contributed by atoms with Crippen LogP contribution in [-0.2, 0) is 25.1 Å². The van der Waals surface area contributed by atoms with Crippen molar-refractivity contribution in [1.29, 1.82) is 0 Å². The molecule has 0 spiro atoms. The lowest BCUT2D eigenvalue weighted by atomic mass is 10.0.